The first kappa shape index (κ1) is 19.5. The van der Waals surface area contributed by atoms with Gasteiger partial charge in [0.05, 0.1) is 23.5 Å². The van der Waals surface area contributed by atoms with Crippen molar-refractivity contribution in [1.82, 2.24) is 5.32 Å². The van der Waals surface area contributed by atoms with E-state index in [0.717, 1.165) is 31.9 Å². The normalized spacial score (nSPS) is 16.8. The molecule has 1 N–H and O–H groups in total. The molecule has 24 heavy (non-hydrogen) atoms. The Labute approximate surface area is 153 Å². The number of hydrogen-bond donors (Lipinski definition) is 1. The fraction of sp³-hybridized carbons (Fsp3) is 0.538. The number of hydrogen-bond acceptors (Lipinski definition) is 4. The van der Waals surface area contributed by atoms with Gasteiger partial charge in [0.2, 0.25) is 0 Å². The third-order valence-electron chi connectivity index (χ3n) is 3.56. The van der Waals surface area contributed by atoms with E-state index in [4.69, 9.17) is 64.4 Å². The summed E-state index contributed by atoms with van der Waals surface area (Å²) in [5.74, 6) is 0.347. The third kappa shape index (κ3) is 5.09. The minimum atomic E-state index is -2.23. The zero-order valence-electron chi connectivity index (χ0n) is 13.4. The van der Waals surface area contributed by atoms with Gasteiger partial charge in [-0.3, -0.25) is 0 Å². The highest BCUT2D eigenvalue weighted by molar-refractivity contribution is 6.59. The van der Waals surface area contributed by atoms with Gasteiger partial charge in [-0.05, 0) is 29.6 Å². The van der Waals surface area contributed by atoms with Gasteiger partial charge in [-0.2, -0.15) is 0 Å². The summed E-state index contributed by atoms with van der Waals surface area (Å²) in [5.41, 5.74) is 1.05. The topological polar surface area (TPSA) is 33.7 Å². The van der Waals surface area contributed by atoms with Gasteiger partial charge >= 0.3 is 0 Å². The minimum absolute atomic E-state index is 0.347. The first-order valence-corrected chi connectivity index (χ1v) is 7.47. The molecule has 1 aromatic carbocycles. The molecule has 1 saturated heterocycles. The summed E-state index contributed by atoms with van der Waals surface area (Å²) in [6.07, 6.45) is 0. The van der Waals surface area contributed by atoms with E-state index >= 15 is 0 Å². The molecule has 1 aliphatic heterocycles. The molecule has 1 fully saturated rings. The average Bonchev–Trinajstić information content (AvgIpc) is 2.46. The standard InChI is InChI=1S/C13H13B7N2O2/c14-11(15,12(16,17)24-13(18,19)20)23-10-3-1-9(2-4-10)22-7-5-21-6-8-22/h1-4,21H,5-8H2. The van der Waals surface area contributed by atoms with Crippen molar-refractivity contribution >= 4 is 60.6 Å². The summed E-state index contributed by atoms with van der Waals surface area (Å²) < 4.78 is 10.3. The maximum Gasteiger partial charge on any atom is 0.118 e. The highest BCUT2D eigenvalue weighted by Gasteiger charge is 2.39. The van der Waals surface area contributed by atoms with Crippen LogP contribution in [0.5, 0.6) is 5.75 Å². The summed E-state index contributed by atoms with van der Waals surface area (Å²) in [5, 5.41) is -3.20. The lowest BCUT2D eigenvalue weighted by atomic mass is 9.40. The van der Waals surface area contributed by atoms with E-state index in [9.17, 15) is 0 Å². The molecule has 0 atom stereocenters. The predicted octanol–water partition coefficient (Wildman–Crippen LogP) is -2.41. The van der Waals surface area contributed by atoms with Crippen LogP contribution in [0, 0.1) is 0 Å². The second kappa shape index (κ2) is 7.21. The molecular weight excluding hydrogens is 292 g/mol. The van der Waals surface area contributed by atoms with Crippen LogP contribution in [0.1, 0.15) is 0 Å². The van der Waals surface area contributed by atoms with Crippen LogP contribution in [0.25, 0.3) is 0 Å². The van der Waals surface area contributed by atoms with Gasteiger partial charge in [0.25, 0.3) is 0 Å². The number of rotatable bonds is 6. The van der Waals surface area contributed by atoms with Crippen LogP contribution in [0.15, 0.2) is 24.3 Å². The highest BCUT2D eigenvalue weighted by atomic mass is 16.6. The lowest BCUT2D eigenvalue weighted by molar-refractivity contribution is 0.00241. The van der Waals surface area contributed by atoms with Crippen LogP contribution < -0.4 is 15.0 Å². The van der Waals surface area contributed by atoms with E-state index in [2.05, 4.69) is 10.2 Å². The van der Waals surface area contributed by atoms with Crippen LogP contribution in [0.2, 0.25) is 0 Å². The molecule has 1 aliphatic rings. The Balaban J connectivity index is 2.06. The van der Waals surface area contributed by atoms with Crippen molar-refractivity contribution in [2.75, 3.05) is 31.1 Å². The number of piperazine rings is 1. The number of nitrogens with zero attached hydrogens (tertiary/aromatic N) is 1. The van der Waals surface area contributed by atoms with Crippen molar-refractivity contribution in [3.63, 3.8) is 0 Å². The largest absolute Gasteiger partial charge is 0.506 e. The maximum atomic E-state index is 5.81. The molecule has 0 saturated carbocycles. The quantitative estimate of drug-likeness (QED) is 0.594. The molecule has 4 nitrogen and oxygen atoms in total. The van der Waals surface area contributed by atoms with Crippen molar-refractivity contribution in [2.45, 2.75) is 16.1 Å². The molecule has 0 aliphatic carbocycles. The van der Waals surface area contributed by atoms with Gasteiger partial charge in [-0.1, -0.05) is 0 Å². The predicted molar refractivity (Wildman–Crippen MR) is 102 cm³/mol. The Hall–Kier alpha value is -0.805. The van der Waals surface area contributed by atoms with Gasteiger partial charge in [0.1, 0.15) is 37.1 Å². The molecule has 108 valence electrons. The molecule has 1 heterocycles. The molecule has 2 rings (SSSR count). The summed E-state index contributed by atoms with van der Waals surface area (Å²) >= 11 is 0. The molecule has 1 aromatic rings. The van der Waals surface area contributed by atoms with E-state index in [0.29, 0.717) is 5.75 Å². The van der Waals surface area contributed by atoms with E-state index in [1.54, 1.807) is 12.1 Å². The molecule has 0 spiro atoms. The van der Waals surface area contributed by atoms with E-state index in [1.165, 1.54) is 0 Å². The van der Waals surface area contributed by atoms with Crippen LogP contribution in [0.3, 0.4) is 0 Å². The van der Waals surface area contributed by atoms with E-state index in [1.807, 2.05) is 12.1 Å². The lowest BCUT2D eigenvalue weighted by Gasteiger charge is -2.48. The van der Waals surface area contributed by atoms with Crippen LogP contribution in [-0.2, 0) is 4.74 Å². The van der Waals surface area contributed by atoms with Crippen LogP contribution >= 0.6 is 0 Å². The van der Waals surface area contributed by atoms with Crippen molar-refractivity contribution in [2.24, 2.45) is 0 Å². The maximum absolute atomic E-state index is 5.81. The Morgan fingerprint density at radius 1 is 0.833 bits per heavy atom. The first-order chi connectivity index (χ1) is 11.0. The van der Waals surface area contributed by atoms with Crippen molar-refractivity contribution in [3.05, 3.63) is 24.3 Å². The molecule has 11 heteroatoms. The molecule has 0 aromatic heterocycles. The molecule has 0 amide bonds. The van der Waals surface area contributed by atoms with Gasteiger partial charge in [0.15, 0.2) is 0 Å². The zero-order chi connectivity index (χ0) is 18.0. The summed E-state index contributed by atoms with van der Waals surface area (Å²) in [6, 6.07) is 7.15. The van der Waals surface area contributed by atoms with Gasteiger partial charge < -0.3 is 19.7 Å². The van der Waals surface area contributed by atoms with Crippen molar-refractivity contribution in [3.8, 4) is 5.75 Å². The monoisotopic (exact) mass is 306 g/mol. The summed E-state index contributed by atoms with van der Waals surface area (Å²) in [6.45, 7) is 3.72. The fourth-order valence-corrected chi connectivity index (χ4v) is 2.30. The van der Waals surface area contributed by atoms with E-state index < -0.39 is 16.1 Å². The Morgan fingerprint density at radius 2 is 1.38 bits per heavy atom. The Bertz CT molecular complexity index is 542. The lowest BCUT2D eigenvalue weighted by Crippen LogP contribution is -2.65. The second-order valence-electron chi connectivity index (χ2n) is 5.87. The number of nitrogens with one attached hydrogen (secondary N) is 1. The molecule has 0 unspecified atom stereocenters. The second-order valence-corrected chi connectivity index (χ2v) is 5.87. The fourth-order valence-electron chi connectivity index (χ4n) is 2.30. The van der Waals surface area contributed by atoms with E-state index in [-0.39, 0.29) is 0 Å². The number of anilines is 1. The highest BCUT2D eigenvalue weighted by Crippen LogP contribution is 2.26. The Kier molecular flexibility index (Phi) is 5.86. The van der Waals surface area contributed by atoms with Crippen LogP contribution in [-0.4, -0.2) is 97.2 Å². The SMILES string of the molecule is [B]C([B])([B])OC([B])([B])C([B])([B])Oc1ccc(N2CCNCC2)cc1. The number of ether oxygens (including phenoxy) is 2. The number of benzene rings is 1. The first-order valence-electron chi connectivity index (χ1n) is 7.47. The summed E-state index contributed by atoms with van der Waals surface area (Å²) in [4.78, 5) is 2.24. The van der Waals surface area contributed by atoms with Gasteiger partial charge in [0, 0.05) is 42.7 Å². The molecule has 14 radical (unpaired) electrons. The molecular formula is C13H13B7N2O2. The minimum Gasteiger partial charge on any atom is -0.506 e. The Morgan fingerprint density at radius 3 is 1.88 bits per heavy atom. The summed E-state index contributed by atoms with van der Waals surface area (Å²) in [7, 11) is 39.0. The van der Waals surface area contributed by atoms with Crippen molar-refractivity contribution < 1.29 is 9.47 Å². The van der Waals surface area contributed by atoms with Crippen molar-refractivity contribution in [1.29, 1.82) is 0 Å². The van der Waals surface area contributed by atoms with Gasteiger partial charge in [-0.25, -0.2) is 0 Å². The zero-order valence-corrected chi connectivity index (χ0v) is 13.4. The van der Waals surface area contributed by atoms with Crippen LogP contribution in [0.4, 0.5) is 5.69 Å². The third-order valence-corrected chi connectivity index (χ3v) is 3.56. The molecule has 0 bridgehead atoms. The van der Waals surface area contributed by atoms with Gasteiger partial charge in [-0.15, -0.1) is 0 Å². The smallest absolute Gasteiger partial charge is 0.118 e. The average molecular weight is 305 g/mol.